The first kappa shape index (κ1) is 8.30. The van der Waals surface area contributed by atoms with Gasteiger partial charge in [0.25, 0.3) is 0 Å². The van der Waals surface area contributed by atoms with Gasteiger partial charge in [-0.2, -0.15) is 0 Å². The fourth-order valence-corrected chi connectivity index (χ4v) is 1.58. The van der Waals surface area contributed by atoms with E-state index >= 15 is 0 Å². The molecule has 0 heterocycles. The number of rotatable bonds is 2. The summed E-state index contributed by atoms with van der Waals surface area (Å²) in [6.07, 6.45) is 10.4. The zero-order valence-electron chi connectivity index (χ0n) is 7.42. The number of allylic oxidation sites excluding steroid dienone is 5. The van der Waals surface area contributed by atoms with Crippen molar-refractivity contribution in [3.63, 3.8) is 0 Å². The number of hydrogen-bond donors (Lipinski definition) is 1. The van der Waals surface area contributed by atoms with E-state index in [0.717, 1.165) is 18.4 Å². The van der Waals surface area contributed by atoms with Crippen LogP contribution in [0.15, 0.2) is 34.9 Å². The van der Waals surface area contributed by atoms with Gasteiger partial charge in [0.2, 0.25) is 0 Å². The molecule has 68 valence electrons. The fourth-order valence-electron chi connectivity index (χ4n) is 1.58. The third kappa shape index (κ3) is 1.89. The summed E-state index contributed by atoms with van der Waals surface area (Å²) in [5.74, 6) is -0.758. The molecule has 0 bridgehead atoms. The minimum atomic E-state index is -0.758. The van der Waals surface area contributed by atoms with Gasteiger partial charge in [-0.1, -0.05) is 18.2 Å². The quantitative estimate of drug-likeness (QED) is 0.701. The summed E-state index contributed by atoms with van der Waals surface area (Å²) in [7, 11) is 0. The SMILES string of the molecule is O=C(O)C1=C(C=C2C=CCCC2)C1. The molecule has 2 aliphatic carbocycles. The monoisotopic (exact) mass is 176 g/mol. The molecular formula is C11H12O2. The van der Waals surface area contributed by atoms with Gasteiger partial charge in [0, 0.05) is 12.0 Å². The van der Waals surface area contributed by atoms with E-state index in [4.69, 9.17) is 5.11 Å². The molecule has 0 saturated carbocycles. The van der Waals surface area contributed by atoms with E-state index in [-0.39, 0.29) is 0 Å². The van der Waals surface area contributed by atoms with Crippen molar-refractivity contribution in [1.29, 1.82) is 0 Å². The van der Waals surface area contributed by atoms with Crippen molar-refractivity contribution in [1.82, 2.24) is 0 Å². The summed E-state index contributed by atoms with van der Waals surface area (Å²) >= 11 is 0. The average molecular weight is 176 g/mol. The van der Waals surface area contributed by atoms with E-state index < -0.39 is 5.97 Å². The lowest BCUT2D eigenvalue weighted by Gasteiger charge is -2.04. The smallest absolute Gasteiger partial charge is 0.332 e. The van der Waals surface area contributed by atoms with Crippen LogP contribution in [-0.2, 0) is 4.79 Å². The molecule has 2 rings (SSSR count). The van der Waals surface area contributed by atoms with Gasteiger partial charge in [0.1, 0.15) is 0 Å². The Kier molecular flexibility index (Phi) is 2.05. The second kappa shape index (κ2) is 3.21. The molecule has 0 aromatic carbocycles. The lowest BCUT2D eigenvalue weighted by Crippen LogP contribution is -1.88. The topological polar surface area (TPSA) is 37.3 Å². The van der Waals surface area contributed by atoms with Gasteiger partial charge < -0.3 is 5.11 Å². The molecule has 0 aliphatic heterocycles. The van der Waals surface area contributed by atoms with E-state index in [2.05, 4.69) is 12.2 Å². The summed E-state index contributed by atoms with van der Waals surface area (Å²) in [6.45, 7) is 0. The largest absolute Gasteiger partial charge is 0.478 e. The predicted octanol–water partition coefficient (Wildman–Crippen LogP) is 2.44. The standard InChI is InChI=1S/C11H12O2/c12-11(13)10-7-9(10)6-8-4-2-1-3-5-8/h2,4,6H,1,3,5,7H2,(H,12,13). The van der Waals surface area contributed by atoms with E-state index in [9.17, 15) is 4.79 Å². The highest BCUT2D eigenvalue weighted by molar-refractivity contribution is 5.94. The van der Waals surface area contributed by atoms with Gasteiger partial charge in [-0.25, -0.2) is 4.79 Å². The molecule has 2 heteroatoms. The molecule has 0 amide bonds. The van der Waals surface area contributed by atoms with Crippen molar-refractivity contribution < 1.29 is 9.90 Å². The van der Waals surface area contributed by atoms with Crippen LogP contribution in [0.3, 0.4) is 0 Å². The molecular weight excluding hydrogens is 164 g/mol. The second-order valence-electron chi connectivity index (χ2n) is 3.50. The zero-order chi connectivity index (χ0) is 9.26. The second-order valence-corrected chi connectivity index (χ2v) is 3.50. The summed E-state index contributed by atoms with van der Waals surface area (Å²) in [4.78, 5) is 10.5. The van der Waals surface area contributed by atoms with Crippen LogP contribution in [0.2, 0.25) is 0 Å². The van der Waals surface area contributed by atoms with Crippen molar-refractivity contribution in [2.24, 2.45) is 0 Å². The Balaban J connectivity index is 2.09. The van der Waals surface area contributed by atoms with Crippen LogP contribution in [0.4, 0.5) is 0 Å². The molecule has 0 saturated heterocycles. The number of hydrogen-bond acceptors (Lipinski definition) is 1. The molecule has 0 spiro atoms. The van der Waals surface area contributed by atoms with E-state index in [1.807, 2.05) is 6.08 Å². The highest BCUT2D eigenvalue weighted by atomic mass is 16.4. The number of carboxylic acid groups (broad SMARTS) is 1. The normalized spacial score (nSPS) is 23.8. The van der Waals surface area contributed by atoms with Gasteiger partial charge in [-0.3, -0.25) is 0 Å². The van der Waals surface area contributed by atoms with Crippen LogP contribution in [0.1, 0.15) is 25.7 Å². The Morgan fingerprint density at radius 1 is 1.54 bits per heavy atom. The van der Waals surface area contributed by atoms with Crippen LogP contribution in [-0.4, -0.2) is 11.1 Å². The van der Waals surface area contributed by atoms with Gasteiger partial charge in [-0.05, 0) is 30.4 Å². The molecule has 0 aromatic heterocycles. The maximum absolute atomic E-state index is 10.5. The molecule has 0 unspecified atom stereocenters. The predicted molar refractivity (Wildman–Crippen MR) is 50.4 cm³/mol. The summed E-state index contributed by atoms with van der Waals surface area (Å²) < 4.78 is 0. The van der Waals surface area contributed by atoms with Crippen LogP contribution in [0.5, 0.6) is 0 Å². The van der Waals surface area contributed by atoms with Crippen molar-refractivity contribution in [3.05, 3.63) is 34.9 Å². The van der Waals surface area contributed by atoms with Crippen LogP contribution in [0, 0.1) is 0 Å². The van der Waals surface area contributed by atoms with Gasteiger partial charge in [0.15, 0.2) is 0 Å². The molecule has 0 radical (unpaired) electrons. The summed E-state index contributed by atoms with van der Waals surface area (Å²) in [5, 5.41) is 8.65. The summed E-state index contributed by atoms with van der Waals surface area (Å²) in [6, 6.07) is 0. The van der Waals surface area contributed by atoms with Crippen molar-refractivity contribution in [2.45, 2.75) is 25.7 Å². The minimum absolute atomic E-state index is 0.589. The van der Waals surface area contributed by atoms with Gasteiger partial charge in [-0.15, -0.1) is 0 Å². The zero-order valence-corrected chi connectivity index (χ0v) is 7.42. The molecule has 13 heavy (non-hydrogen) atoms. The van der Waals surface area contributed by atoms with Crippen LogP contribution >= 0.6 is 0 Å². The van der Waals surface area contributed by atoms with Crippen LogP contribution < -0.4 is 0 Å². The summed E-state index contributed by atoms with van der Waals surface area (Å²) in [5.41, 5.74) is 2.87. The van der Waals surface area contributed by atoms with Crippen LogP contribution in [0.25, 0.3) is 0 Å². The first-order valence-electron chi connectivity index (χ1n) is 4.60. The van der Waals surface area contributed by atoms with Crippen molar-refractivity contribution in [2.75, 3.05) is 0 Å². The average Bonchev–Trinajstić information content (AvgIpc) is 2.86. The van der Waals surface area contributed by atoms with Gasteiger partial charge in [0.05, 0.1) is 0 Å². The third-order valence-corrected chi connectivity index (χ3v) is 2.42. The Morgan fingerprint density at radius 2 is 2.38 bits per heavy atom. The van der Waals surface area contributed by atoms with E-state index in [0.29, 0.717) is 12.0 Å². The first-order chi connectivity index (χ1) is 6.27. The lowest BCUT2D eigenvalue weighted by molar-refractivity contribution is -0.132. The van der Waals surface area contributed by atoms with Crippen molar-refractivity contribution in [3.8, 4) is 0 Å². The molecule has 0 atom stereocenters. The highest BCUT2D eigenvalue weighted by Gasteiger charge is 2.25. The van der Waals surface area contributed by atoms with Gasteiger partial charge >= 0.3 is 5.97 Å². The highest BCUT2D eigenvalue weighted by Crippen LogP contribution is 2.34. The maximum atomic E-state index is 10.5. The lowest BCUT2D eigenvalue weighted by atomic mass is 10.0. The Bertz CT molecular complexity index is 332. The minimum Gasteiger partial charge on any atom is -0.478 e. The Hall–Kier alpha value is -1.31. The number of aliphatic carboxylic acids is 1. The third-order valence-electron chi connectivity index (χ3n) is 2.42. The fraction of sp³-hybridized carbons (Fsp3) is 0.364. The first-order valence-corrected chi connectivity index (χ1v) is 4.60. The van der Waals surface area contributed by atoms with Crippen molar-refractivity contribution >= 4 is 5.97 Å². The molecule has 2 aliphatic rings. The van der Waals surface area contributed by atoms with E-state index in [1.165, 1.54) is 12.0 Å². The number of carbonyl (C=O) groups is 1. The molecule has 1 N–H and O–H groups in total. The molecule has 0 fully saturated rings. The maximum Gasteiger partial charge on any atom is 0.332 e. The molecule has 2 nitrogen and oxygen atoms in total. The Labute approximate surface area is 77.3 Å². The van der Waals surface area contributed by atoms with E-state index in [1.54, 1.807) is 0 Å². The molecule has 0 aromatic rings. The Morgan fingerprint density at radius 3 is 2.92 bits per heavy atom. The number of carboxylic acids is 1.